The van der Waals surface area contributed by atoms with E-state index in [-0.39, 0.29) is 23.8 Å². The highest BCUT2D eigenvalue weighted by molar-refractivity contribution is 6.32. The Morgan fingerprint density at radius 1 is 1.09 bits per heavy atom. The fourth-order valence-electron chi connectivity index (χ4n) is 6.45. The van der Waals surface area contributed by atoms with E-state index in [4.69, 9.17) is 16.3 Å². The molecule has 3 fully saturated rings. The molecule has 3 aliphatic heterocycles. The molecule has 0 saturated carbocycles. The molecule has 1 aromatic carbocycles. The molecule has 0 bridgehead atoms. The Morgan fingerprint density at radius 2 is 1.77 bits per heavy atom. The minimum atomic E-state index is -2.75. The summed E-state index contributed by atoms with van der Waals surface area (Å²) in [7, 11) is 0. The van der Waals surface area contributed by atoms with Crippen molar-refractivity contribution in [3.8, 4) is 0 Å². The van der Waals surface area contributed by atoms with Crippen molar-refractivity contribution in [3.05, 3.63) is 39.9 Å². The highest BCUT2D eigenvalue weighted by Gasteiger charge is 2.49. The lowest BCUT2D eigenvalue weighted by atomic mass is 9.78. The third-order valence-corrected chi connectivity index (χ3v) is 9.40. The van der Waals surface area contributed by atoms with Crippen LogP contribution in [0.2, 0.25) is 5.02 Å². The molecule has 234 valence electrons. The van der Waals surface area contributed by atoms with Crippen LogP contribution in [0.4, 0.5) is 26.2 Å². The molecular formula is C30H40ClF2N7O3. The molecule has 5 heterocycles. The molecule has 6 rings (SSSR count). The van der Waals surface area contributed by atoms with E-state index in [0.717, 1.165) is 43.9 Å². The van der Waals surface area contributed by atoms with Crippen molar-refractivity contribution in [1.82, 2.24) is 24.0 Å². The molecule has 2 N–H and O–H groups in total. The number of hydrogen-bond acceptors (Lipinski definition) is 8. The highest BCUT2D eigenvalue weighted by atomic mass is 35.5. The normalized spacial score (nSPS) is 23.4. The summed E-state index contributed by atoms with van der Waals surface area (Å²) in [6, 6.07) is 5.65. The zero-order chi connectivity index (χ0) is 30.7. The second-order valence-electron chi connectivity index (χ2n) is 13.4. The molecule has 43 heavy (non-hydrogen) atoms. The fraction of sp³-hybridized carbons (Fsp3) is 0.633. The second kappa shape index (κ2) is 11.0. The summed E-state index contributed by atoms with van der Waals surface area (Å²) in [6.45, 7) is 12.1. The summed E-state index contributed by atoms with van der Waals surface area (Å²) in [6.07, 6.45) is 1.88. The van der Waals surface area contributed by atoms with Crippen LogP contribution < -0.4 is 15.9 Å². The number of aryl methyl sites for hydroxylation is 1. The molecule has 2 aromatic heterocycles. The van der Waals surface area contributed by atoms with Crippen LogP contribution in [0.25, 0.3) is 11.0 Å². The van der Waals surface area contributed by atoms with E-state index in [9.17, 15) is 18.7 Å². The molecule has 10 nitrogen and oxygen atoms in total. The monoisotopic (exact) mass is 619 g/mol. The van der Waals surface area contributed by atoms with Gasteiger partial charge < -0.3 is 25.0 Å². The number of piperidine rings is 1. The van der Waals surface area contributed by atoms with Crippen LogP contribution in [0, 0.1) is 17.3 Å². The summed E-state index contributed by atoms with van der Waals surface area (Å²) < 4.78 is 37.8. The van der Waals surface area contributed by atoms with Crippen LogP contribution in [-0.2, 0) is 17.8 Å². The van der Waals surface area contributed by atoms with Gasteiger partial charge in [0.2, 0.25) is 5.95 Å². The van der Waals surface area contributed by atoms with Crippen molar-refractivity contribution in [3.63, 3.8) is 0 Å². The largest absolute Gasteiger partial charge is 0.390 e. The van der Waals surface area contributed by atoms with Gasteiger partial charge in [0, 0.05) is 68.8 Å². The number of hydrogen-bond donors (Lipinski definition) is 2. The van der Waals surface area contributed by atoms with Crippen LogP contribution in [-0.4, -0.2) is 86.6 Å². The van der Waals surface area contributed by atoms with Gasteiger partial charge in [0.15, 0.2) is 5.82 Å². The molecule has 3 saturated heterocycles. The number of anilines is 3. The van der Waals surface area contributed by atoms with Crippen LogP contribution in [0.15, 0.2) is 29.2 Å². The van der Waals surface area contributed by atoms with E-state index in [2.05, 4.69) is 20.2 Å². The van der Waals surface area contributed by atoms with Gasteiger partial charge in [0.05, 0.1) is 36.0 Å². The average Bonchev–Trinajstić information content (AvgIpc) is 3.15. The number of imidazole rings is 1. The van der Waals surface area contributed by atoms with Crippen LogP contribution in [0.5, 0.6) is 0 Å². The summed E-state index contributed by atoms with van der Waals surface area (Å²) >= 11 is 6.47. The second-order valence-corrected chi connectivity index (χ2v) is 13.8. The van der Waals surface area contributed by atoms with Crippen molar-refractivity contribution in [2.75, 3.05) is 56.2 Å². The Labute approximate surface area is 254 Å². The van der Waals surface area contributed by atoms with E-state index in [1.807, 2.05) is 18.2 Å². The number of benzene rings is 1. The average molecular weight is 620 g/mol. The quantitative estimate of drug-likeness (QED) is 0.368. The lowest BCUT2D eigenvalue weighted by molar-refractivity contribution is -0.189. The summed E-state index contributed by atoms with van der Waals surface area (Å²) in [5.74, 6) is -3.75. The number of halogens is 3. The predicted molar refractivity (Wildman–Crippen MR) is 163 cm³/mol. The molecule has 3 aliphatic rings. The van der Waals surface area contributed by atoms with Gasteiger partial charge in [0.1, 0.15) is 5.02 Å². The number of aromatic nitrogens is 4. The smallest absolute Gasteiger partial charge is 0.329 e. The number of nitrogens with zero attached hydrogens (tertiary/aromatic N) is 6. The zero-order valence-electron chi connectivity index (χ0n) is 25.1. The highest BCUT2D eigenvalue weighted by Crippen LogP contribution is 2.39. The van der Waals surface area contributed by atoms with Crippen LogP contribution in [0.1, 0.15) is 34.1 Å². The molecule has 13 heteroatoms. The predicted octanol–water partition coefficient (Wildman–Crippen LogP) is 4.21. The third kappa shape index (κ3) is 5.86. The Bertz CT molecular complexity index is 1540. The van der Waals surface area contributed by atoms with E-state index < -0.39 is 23.4 Å². The number of nitrogens with one attached hydrogen (secondary N) is 1. The van der Waals surface area contributed by atoms with E-state index in [0.29, 0.717) is 42.4 Å². The Morgan fingerprint density at radius 3 is 2.40 bits per heavy atom. The molecule has 0 aliphatic carbocycles. The van der Waals surface area contributed by atoms with Gasteiger partial charge in [-0.15, -0.1) is 0 Å². The first kappa shape index (κ1) is 30.2. The van der Waals surface area contributed by atoms with Crippen LogP contribution >= 0.6 is 11.6 Å². The summed E-state index contributed by atoms with van der Waals surface area (Å²) in [5, 5.41) is 13.9. The maximum absolute atomic E-state index is 14.4. The van der Waals surface area contributed by atoms with Gasteiger partial charge in [-0.2, -0.15) is 4.98 Å². The lowest BCUT2D eigenvalue weighted by Crippen LogP contribution is -2.66. The summed E-state index contributed by atoms with van der Waals surface area (Å²) in [5.41, 5.74) is 1.46. The molecule has 0 radical (unpaired) electrons. The number of ether oxygens (including phenoxy) is 1. The van der Waals surface area contributed by atoms with Gasteiger partial charge in [-0.05, 0) is 38.5 Å². The van der Waals surface area contributed by atoms with Gasteiger partial charge in [0.25, 0.3) is 5.92 Å². The maximum atomic E-state index is 14.4. The van der Waals surface area contributed by atoms with Gasteiger partial charge in [-0.3, -0.25) is 9.13 Å². The van der Waals surface area contributed by atoms with E-state index >= 15 is 0 Å². The Balaban J connectivity index is 1.25. The van der Waals surface area contributed by atoms with Gasteiger partial charge in [-0.1, -0.05) is 25.4 Å². The first-order chi connectivity index (χ1) is 20.2. The van der Waals surface area contributed by atoms with Gasteiger partial charge >= 0.3 is 5.69 Å². The molecular weight excluding hydrogens is 580 g/mol. The minimum absolute atomic E-state index is 0.119. The standard InChI is InChI=1S/C30H40ClF2N7O3/c1-19-13-38(14-20(2)30(19,32)33)26-34-12-22(31)25(36-26)35-21-5-6-23-24(11-21)39(8-7-28(3,4)42)27(41)40(23)10-9-37-15-29(16-37)17-43-18-29/h5-6,11-12,19-20,42H,7-10,13-18H2,1-4H3,(H,34,35,36)/t19-,20+. The molecule has 3 aromatic rings. The first-order valence-electron chi connectivity index (χ1n) is 14.9. The number of rotatable bonds is 9. The fourth-order valence-corrected chi connectivity index (χ4v) is 6.59. The number of aliphatic hydroxyl groups is 1. The third-order valence-electron chi connectivity index (χ3n) is 9.12. The van der Waals surface area contributed by atoms with Gasteiger partial charge in [-0.25, -0.2) is 18.6 Å². The minimum Gasteiger partial charge on any atom is -0.390 e. The molecule has 1 spiro atoms. The Kier molecular flexibility index (Phi) is 7.72. The number of alkyl halides is 2. The van der Waals surface area contributed by atoms with E-state index in [1.54, 1.807) is 41.7 Å². The van der Waals surface area contributed by atoms with Crippen molar-refractivity contribution < 1.29 is 18.6 Å². The van der Waals surface area contributed by atoms with Crippen molar-refractivity contribution in [2.45, 2.75) is 58.7 Å². The SMILES string of the molecule is C[C@@H]1CN(c2ncc(Cl)c(Nc3ccc4c(c3)n(CCC(C)(C)O)c(=O)n4CCN3CC4(COC4)C3)n2)C[C@H](C)C1(F)F. The Hall–Kier alpha value is -2.80. The van der Waals surface area contributed by atoms with E-state index in [1.165, 1.54) is 6.20 Å². The molecule has 2 atom stereocenters. The van der Waals surface area contributed by atoms with Crippen LogP contribution in [0.3, 0.4) is 0 Å². The summed E-state index contributed by atoms with van der Waals surface area (Å²) in [4.78, 5) is 26.7. The maximum Gasteiger partial charge on any atom is 0.329 e. The van der Waals surface area contributed by atoms with Crippen molar-refractivity contribution in [1.29, 1.82) is 0 Å². The number of likely N-dealkylation sites (tertiary alicyclic amines) is 1. The first-order valence-corrected chi connectivity index (χ1v) is 15.3. The molecule has 0 unspecified atom stereocenters. The topological polar surface area (TPSA) is 101 Å². The number of fused-ring (bicyclic) bond motifs is 1. The van der Waals surface area contributed by atoms with Crippen molar-refractivity contribution in [2.24, 2.45) is 17.3 Å². The zero-order valence-corrected chi connectivity index (χ0v) is 25.9. The molecule has 0 amide bonds. The van der Waals surface area contributed by atoms with Crippen molar-refractivity contribution >= 4 is 40.1 Å². The lowest BCUT2D eigenvalue weighted by Gasteiger charge is -2.55.